The van der Waals surface area contributed by atoms with Gasteiger partial charge in [-0.2, -0.15) is 0 Å². The van der Waals surface area contributed by atoms with Crippen LogP contribution < -0.4 is 9.80 Å². The highest BCUT2D eigenvalue weighted by Crippen LogP contribution is 2.30. The summed E-state index contributed by atoms with van der Waals surface area (Å²) in [6, 6.07) is 13.2. The lowest BCUT2D eigenvalue weighted by atomic mass is 10.1. The molecule has 176 valence electrons. The molecule has 0 radical (unpaired) electrons. The van der Waals surface area contributed by atoms with Crippen LogP contribution in [0.15, 0.2) is 57.5 Å². The van der Waals surface area contributed by atoms with Crippen molar-refractivity contribution in [2.75, 3.05) is 36.0 Å². The molecular weight excluding hydrogens is 568 g/mol. The lowest BCUT2D eigenvalue weighted by molar-refractivity contribution is -0.126. The minimum atomic E-state index is -0.501. The van der Waals surface area contributed by atoms with Crippen molar-refractivity contribution < 1.29 is 19.2 Å². The third-order valence-electron chi connectivity index (χ3n) is 6.65. The van der Waals surface area contributed by atoms with Gasteiger partial charge in [-0.15, -0.1) is 0 Å². The minimum absolute atomic E-state index is 0.146. The fraction of sp³-hybridized carbons (Fsp3) is 0.333. The lowest BCUT2D eigenvalue weighted by Gasteiger charge is -2.38. The predicted octanol–water partition coefficient (Wildman–Crippen LogP) is 2.79. The quantitative estimate of drug-likeness (QED) is 0.510. The molecule has 34 heavy (non-hydrogen) atoms. The maximum Gasteiger partial charge on any atom is 0.251 e. The normalized spacial score (nSPS) is 24.5. The molecule has 2 aromatic rings. The van der Waals surface area contributed by atoms with E-state index in [2.05, 4.69) is 31.9 Å². The Morgan fingerprint density at radius 2 is 0.882 bits per heavy atom. The van der Waals surface area contributed by atoms with E-state index in [0.717, 1.165) is 8.95 Å². The molecule has 0 saturated carbocycles. The van der Waals surface area contributed by atoms with Crippen LogP contribution in [0.5, 0.6) is 0 Å². The summed E-state index contributed by atoms with van der Waals surface area (Å²) >= 11 is 6.74. The topological polar surface area (TPSA) is 81.2 Å². The monoisotopic (exact) mass is 588 g/mol. The molecule has 8 nitrogen and oxygen atoms in total. The van der Waals surface area contributed by atoms with Crippen molar-refractivity contribution in [2.24, 2.45) is 0 Å². The Balaban J connectivity index is 1.23. The highest BCUT2D eigenvalue weighted by Gasteiger charge is 2.46. The van der Waals surface area contributed by atoms with Crippen molar-refractivity contribution in [1.82, 2.24) is 9.80 Å². The van der Waals surface area contributed by atoms with Gasteiger partial charge < -0.3 is 0 Å². The van der Waals surface area contributed by atoms with Crippen LogP contribution in [-0.4, -0.2) is 71.7 Å². The van der Waals surface area contributed by atoms with E-state index in [1.807, 2.05) is 9.80 Å². The molecule has 2 aromatic carbocycles. The molecule has 0 aliphatic carbocycles. The molecule has 5 rings (SSSR count). The van der Waals surface area contributed by atoms with E-state index in [1.54, 1.807) is 48.5 Å². The number of carbonyl (C=O) groups is 4. The summed E-state index contributed by atoms with van der Waals surface area (Å²) in [5.74, 6) is -0.841. The number of halogens is 2. The Labute approximate surface area is 213 Å². The van der Waals surface area contributed by atoms with E-state index in [9.17, 15) is 19.2 Å². The van der Waals surface area contributed by atoms with Crippen LogP contribution in [0.1, 0.15) is 12.8 Å². The van der Waals surface area contributed by atoms with E-state index >= 15 is 0 Å². The van der Waals surface area contributed by atoms with Crippen molar-refractivity contribution in [3.63, 3.8) is 0 Å². The molecule has 0 unspecified atom stereocenters. The number of imide groups is 2. The summed E-state index contributed by atoms with van der Waals surface area (Å²) in [6.07, 6.45) is 0.292. The third-order valence-corrected chi connectivity index (χ3v) is 7.70. The zero-order chi connectivity index (χ0) is 24.0. The first-order valence-electron chi connectivity index (χ1n) is 11.1. The van der Waals surface area contributed by atoms with Crippen molar-refractivity contribution in [2.45, 2.75) is 24.9 Å². The van der Waals surface area contributed by atoms with E-state index in [-0.39, 0.29) is 36.5 Å². The number of hydrogen-bond acceptors (Lipinski definition) is 6. The number of rotatable bonds is 4. The number of piperazine rings is 1. The number of anilines is 2. The molecule has 0 spiro atoms. The lowest BCUT2D eigenvalue weighted by Crippen LogP contribution is -2.56. The van der Waals surface area contributed by atoms with Crippen LogP contribution in [0.25, 0.3) is 0 Å². The summed E-state index contributed by atoms with van der Waals surface area (Å²) in [5, 5.41) is 0. The van der Waals surface area contributed by atoms with Gasteiger partial charge in [-0.1, -0.05) is 31.9 Å². The summed E-state index contributed by atoms with van der Waals surface area (Å²) in [4.78, 5) is 58.0. The van der Waals surface area contributed by atoms with Gasteiger partial charge in [0, 0.05) is 35.1 Å². The fourth-order valence-corrected chi connectivity index (χ4v) is 5.41. The van der Waals surface area contributed by atoms with Gasteiger partial charge in [-0.05, 0) is 48.5 Å². The SMILES string of the molecule is O=C1C[C@@H](N2CCN([C@@H]3CC(=O)N(c4ccc(Br)cc4)C3=O)CC2)C(=O)N1c1ccc(Br)cc1. The van der Waals surface area contributed by atoms with E-state index in [0.29, 0.717) is 37.6 Å². The van der Waals surface area contributed by atoms with Crippen LogP contribution in [0.2, 0.25) is 0 Å². The molecule has 3 aliphatic heterocycles. The first-order valence-corrected chi connectivity index (χ1v) is 12.6. The molecule has 0 bridgehead atoms. The van der Waals surface area contributed by atoms with Crippen LogP contribution in [0.3, 0.4) is 0 Å². The second-order valence-corrected chi connectivity index (χ2v) is 10.4. The standard InChI is InChI=1S/C24H22Br2N4O4/c25-15-1-5-17(6-2-15)29-21(31)13-19(23(29)33)27-9-11-28(12-10-27)20-14-22(32)30(24(20)34)18-7-3-16(26)4-8-18/h1-8,19-20H,9-14H2/t19-,20-/m1/s1. The van der Waals surface area contributed by atoms with Crippen LogP contribution in [0, 0.1) is 0 Å². The maximum absolute atomic E-state index is 13.1. The molecule has 10 heteroatoms. The van der Waals surface area contributed by atoms with Crippen molar-refractivity contribution >= 4 is 66.9 Å². The molecule has 0 aromatic heterocycles. The molecule has 3 saturated heterocycles. The average molecular weight is 590 g/mol. The molecule has 3 aliphatic rings. The minimum Gasteiger partial charge on any atom is -0.289 e. The van der Waals surface area contributed by atoms with Gasteiger partial charge in [-0.3, -0.25) is 29.0 Å². The van der Waals surface area contributed by atoms with E-state index in [4.69, 9.17) is 0 Å². The van der Waals surface area contributed by atoms with Crippen molar-refractivity contribution in [3.05, 3.63) is 57.5 Å². The Morgan fingerprint density at radius 1 is 0.559 bits per heavy atom. The molecule has 4 amide bonds. The predicted molar refractivity (Wildman–Crippen MR) is 133 cm³/mol. The van der Waals surface area contributed by atoms with Gasteiger partial charge in [0.25, 0.3) is 11.8 Å². The first-order chi connectivity index (χ1) is 16.3. The Morgan fingerprint density at radius 3 is 1.21 bits per heavy atom. The number of amides is 4. The third kappa shape index (κ3) is 4.24. The highest BCUT2D eigenvalue weighted by atomic mass is 79.9. The summed E-state index contributed by atoms with van der Waals surface area (Å²) in [5.41, 5.74) is 1.14. The van der Waals surface area contributed by atoms with Crippen LogP contribution in [0.4, 0.5) is 11.4 Å². The zero-order valence-electron chi connectivity index (χ0n) is 18.2. The highest BCUT2D eigenvalue weighted by molar-refractivity contribution is 9.10. The summed E-state index contributed by atoms with van der Waals surface area (Å²) in [7, 11) is 0. The second kappa shape index (κ2) is 9.33. The summed E-state index contributed by atoms with van der Waals surface area (Å²) in [6.45, 7) is 2.20. The summed E-state index contributed by atoms with van der Waals surface area (Å²) < 4.78 is 1.75. The second-order valence-electron chi connectivity index (χ2n) is 8.60. The van der Waals surface area contributed by atoms with E-state index in [1.165, 1.54) is 9.80 Å². The van der Waals surface area contributed by atoms with Gasteiger partial charge >= 0.3 is 0 Å². The van der Waals surface area contributed by atoms with Gasteiger partial charge in [0.2, 0.25) is 11.8 Å². The Bertz CT molecular complexity index is 1060. The number of carbonyl (C=O) groups excluding carboxylic acids is 4. The van der Waals surface area contributed by atoms with Crippen molar-refractivity contribution in [3.8, 4) is 0 Å². The van der Waals surface area contributed by atoms with E-state index < -0.39 is 12.1 Å². The average Bonchev–Trinajstić information content (AvgIpc) is 3.29. The molecule has 3 heterocycles. The van der Waals surface area contributed by atoms with Crippen LogP contribution in [-0.2, 0) is 19.2 Å². The molecular formula is C24H22Br2N4O4. The van der Waals surface area contributed by atoms with Gasteiger partial charge in [0.15, 0.2) is 0 Å². The first kappa shape index (κ1) is 23.3. The largest absolute Gasteiger partial charge is 0.289 e. The fourth-order valence-electron chi connectivity index (χ4n) is 4.89. The number of nitrogens with zero attached hydrogens (tertiary/aromatic N) is 4. The maximum atomic E-state index is 13.1. The zero-order valence-corrected chi connectivity index (χ0v) is 21.4. The van der Waals surface area contributed by atoms with Crippen molar-refractivity contribution in [1.29, 1.82) is 0 Å². The smallest absolute Gasteiger partial charge is 0.251 e. The molecule has 2 atom stereocenters. The van der Waals surface area contributed by atoms with Gasteiger partial charge in [-0.25, -0.2) is 9.80 Å². The molecule has 0 N–H and O–H groups in total. The molecule has 3 fully saturated rings. The Kier molecular flexibility index (Phi) is 6.41. The van der Waals surface area contributed by atoms with Crippen LogP contribution >= 0.6 is 31.9 Å². The Hall–Kier alpha value is -2.40. The number of hydrogen-bond donors (Lipinski definition) is 0. The van der Waals surface area contributed by atoms with Gasteiger partial charge in [0.05, 0.1) is 36.3 Å². The van der Waals surface area contributed by atoms with Gasteiger partial charge in [0.1, 0.15) is 0 Å². The number of benzene rings is 2.